The SMILES string of the molecule is Cc1nccc2c1c(=O)n(C)c1cc(OC[C@@H](N)CC(C)C(F)(F)F)ccc21. The molecule has 0 saturated heterocycles. The molecule has 1 unspecified atom stereocenters. The van der Waals surface area contributed by atoms with Crippen LogP contribution in [-0.2, 0) is 7.05 Å². The van der Waals surface area contributed by atoms with Gasteiger partial charge in [0.25, 0.3) is 5.56 Å². The Morgan fingerprint density at radius 3 is 2.64 bits per heavy atom. The van der Waals surface area contributed by atoms with Crippen LogP contribution in [0.15, 0.2) is 35.3 Å². The molecule has 8 heteroatoms. The van der Waals surface area contributed by atoms with Gasteiger partial charge in [-0.3, -0.25) is 9.78 Å². The van der Waals surface area contributed by atoms with Gasteiger partial charge in [0.1, 0.15) is 12.4 Å². The van der Waals surface area contributed by atoms with Crippen molar-refractivity contribution < 1.29 is 17.9 Å². The molecule has 0 bridgehead atoms. The first-order valence-electron chi connectivity index (χ1n) is 8.92. The van der Waals surface area contributed by atoms with Gasteiger partial charge in [-0.25, -0.2) is 0 Å². The minimum Gasteiger partial charge on any atom is -0.492 e. The third-order valence-corrected chi connectivity index (χ3v) is 4.96. The highest BCUT2D eigenvalue weighted by Gasteiger charge is 2.36. The molecule has 0 aliphatic carbocycles. The second-order valence-electron chi connectivity index (χ2n) is 7.11. The van der Waals surface area contributed by atoms with E-state index in [0.717, 1.165) is 17.7 Å². The van der Waals surface area contributed by atoms with E-state index in [1.165, 1.54) is 4.57 Å². The predicted octanol–water partition coefficient (Wildman–Crippen LogP) is 3.69. The molecular weight excluding hydrogens is 371 g/mol. The Hall–Kier alpha value is -2.61. The lowest BCUT2D eigenvalue weighted by Crippen LogP contribution is -2.34. The van der Waals surface area contributed by atoms with Crippen molar-refractivity contribution in [3.63, 3.8) is 0 Å². The average molecular weight is 393 g/mol. The van der Waals surface area contributed by atoms with Gasteiger partial charge in [0.15, 0.2) is 0 Å². The van der Waals surface area contributed by atoms with Gasteiger partial charge in [0, 0.05) is 30.7 Å². The summed E-state index contributed by atoms with van der Waals surface area (Å²) in [6.07, 6.45) is -2.83. The number of ether oxygens (including phenoxy) is 1. The van der Waals surface area contributed by atoms with Gasteiger partial charge in [-0.15, -0.1) is 0 Å². The number of rotatable bonds is 5. The summed E-state index contributed by atoms with van der Waals surface area (Å²) >= 11 is 0. The number of nitrogens with zero attached hydrogens (tertiary/aromatic N) is 2. The maximum absolute atomic E-state index is 12.7. The number of benzene rings is 1. The van der Waals surface area contributed by atoms with Crippen molar-refractivity contribution >= 4 is 21.7 Å². The number of halogens is 3. The number of hydrogen-bond donors (Lipinski definition) is 1. The summed E-state index contributed by atoms with van der Waals surface area (Å²) in [6, 6.07) is 6.30. The second kappa shape index (κ2) is 7.43. The van der Waals surface area contributed by atoms with Crippen molar-refractivity contribution in [2.75, 3.05) is 6.61 Å². The van der Waals surface area contributed by atoms with Crippen molar-refractivity contribution in [1.82, 2.24) is 9.55 Å². The van der Waals surface area contributed by atoms with E-state index in [4.69, 9.17) is 10.5 Å². The number of hydrogen-bond acceptors (Lipinski definition) is 4. The third-order valence-electron chi connectivity index (χ3n) is 4.96. The number of aryl methyl sites for hydroxylation is 2. The topological polar surface area (TPSA) is 70.1 Å². The van der Waals surface area contributed by atoms with Crippen LogP contribution in [0.5, 0.6) is 5.75 Å². The Kier molecular flexibility index (Phi) is 5.34. The van der Waals surface area contributed by atoms with Crippen LogP contribution in [0.3, 0.4) is 0 Å². The van der Waals surface area contributed by atoms with Gasteiger partial charge in [-0.05, 0) is 36.9 Å². The van der Waals surface area contributed by atoms with E-state index < -0.39 is 18.1 Å². The standard InChI is InChI=1S/C20H22F3N3O2/c1-11(20(21,22)23)8-13(24)10-28-14-4-5-15-16-6-7-25-12(2)18(16)19(27)26(3)17(15)9-14/h4-7,9,11,13H,8,10,24H2,1-3H3/t11?,13-/m0/s1. The lowest BCUT2D eigenvalue weighted by atomic mass is 10.0. The number of aromatic nitrogens is 2. The smallest absolute Gasteiger partial charge is 0.391 e. The van der Waals surface area contributed by atoms with Crippen molar-refractivity contribution in [2.45, 2.75) is 32.5 Å². The molecule has 3 rings (SSSR count). The van der Waals surface area contributed by atoms with Crippen molar-refractivity contribution in [1.29, 1.82) is 0 Å². The highest BCUT2D eigenvalue weighted by atomic mass is 19.4. The van der Waals surface area contributed by atoms with Crippen LogP contribution in [0, 0.1) is 12.8 Å². The summed E-state index contributed by atoms with van der Waals surface area (Å²) in [7, 11) is 1.66. The van der Waals surface area contributed by atoms with Gasteiger partial charge in [-0.1, -0.05) is 6.92 Å². The molecule has 0 saturated carbocycles. The molecule has 0 fully saturated rings. The van der Waals surface area contributed by atoms with Crippen LogP contribution in [0.1, 0.15) is 19.0 Å². The molecule has 2 aromatic heterocycles. The molecule has 0 spiro atoms. The van der Waals surface area contributed by atoms with Crippen LogP contribution in [0.25, 0.3) is 21.7 Å². The fourth-order valence-corrected chi connectivity index (χ4v) is 3.30. The zero-order valence-corrected chi connectivity index (χ0v) is 15.9. The Bertz CT molecular complexity index is 1080. The van der Waals surface area contributed by atoms with E-state index in [9.17, 15) is 18.0 Å². The van der Waals surface area contributed by atoms with E-state index in [-0.39, 0.29) is 18.6 Å². The van der Waals surface area contributed by atoms with Gasteiger partial charge in [0.2, 0.25) is 0 Å². The molecule has 3 aromatic rings. The van der Waals surface area contributed by atoms with Crippen molar-refractivity contribution in [2.24, 2.45) is 18.7 Å². The molecule has 1 aromatic carbocycles. The van der Waals surface area contributed by atoms with Gasteiger partial charge in [-0.2, -0.15) is 13.2 Å². The van der Waals surface area contributed by atoms with E-state index in [2.05, 4.69) is 4.98 Å². The molecule has 0 aliphatic heterocycles. The summed E-state index contributed by atoms with van der Waals surface area (Å²) in [5.41, 5.74) is 6.95. The van der Waals surface area contributed by atoms with Crippen LogP contribution in [0.4, 0.5) is 13.2 Å². The number of pyridine rings is 2. The minimum atomic E-state index is -4.27. The van der Waals surface area contributed by atoms with Gasteiger partial charge < -0.3 is 15.0 Å². The Morgan fingerprint density at radius 1 is 1.25 bits per heavy atom. The Morgan fingerprint density at radius 2 is 1.96 bits per heavy atom. The van der Waals surface area contributed by atoms with Gasteiger partial charge >= 0.3 is 6.18 Å². The molecule has 5 nitrogen and oxygen atoms in total. The molecule has 2 N–H and O–H groups in total. The zero-order chi connectivity index (χ0) is 20.6. The van der Waals surface area contributed by atoms with E-state index in [1.807, 2.05) is 6.07 Å². The summed E-state index contributed by atoms with van der Waals surface area (Å²) in [5, 5.41) is 2.23. The molecule has 0 aliphatic rings. The monoisotopic (exact) mass is 393 g/mol. The summed E-state index contributed by atoms with van der Waals surface area (Å²) < 4.78 is 45.1. The zero-order valence-electron chi connectivity index (χ0n) is 15.9. The predicted molar refractivity (Wildman–Crippen MR) is 103 cm³/mol. The van der Waals surface area contributed by atoms with Crippen LogP contribution >= 0.6 is 0 Å². The molecule has 150 valence electrons. The second-order valence-corrected chi connectivity index (χ2v) is 7.11. The first-order chi connectivity index (χ1) is 13.1. The lowest BCUT2D eigenvalue weighted by Gasteiger charge is -2.20. The molecule has 0 amide bonds. The van der Waals surface area contributed by atoms with Crippen molar-refractivity contribution in [3.8, 4) is 5.75 Å². The first-order valence-corrected chi connectivity index (χ1v) is 8.92. The third kappa shape index (κ3) is 3.82. The average Bonchev–Trinajstić information content (AvgIpc) is 2.63. The fourth-order valence-electron chi connectivity index (χ4n) is 3.30. The quantitative estimate of drug-likeness (QED) is 0.671. The Balaban J connectivity index is 1.88. The fraction of sp³-hybridized carbons (Fsp3) is 0.400. The maximum Gasteiger partial charge on any atom is 0.391 e. The maximum atomic E-state index is 12.7. The highest BCUT2D eigenvalue weighted by molar-refractivity contribution is 6.06. The molecular formula is C20H22F3N3O2. The largest absolute Gasteiger partial charge is 0.492 e. The molecule has 2 atom stereocenters. The summed E-state index contributed by atoms with van der Waals surface area (Å²) in [5.74, 6) is -1.05. The van der Waals surface area contributed by atoms with Crippen molar-refractivity contribution in [3.05, 3.63) is 46.5 Å². The van der Waals surface area contributed by atoms with Crippen LogP contribution < -0.4 is 16.0 Å². The number of fused-ring (bicyclic) bond motifs is 3. The first kappa shape index (κ1) is 20.1. The molecule has 28 heavy (non-hydrogen) atoms. The van der Waals surface area contributed by atoms with Crippen LogP contribution in [0.2, 0.25) is 0 Å². The normalized spacial score (nSPS) is 14.4. The van der Waals surface area contributed by atoms with Gasteiger partial charge in [0.05, 0.1) is 22.5 Å². The number of nitrogens with two attached hydrogens (primary N) is 1. The summed E-state index contributed by atoms with van der Waals surface area (Å²) in [6.45, 7) is 2.85. The Labute approximate surface area is 159 Å². The summed E-state index contributed by atoms with van der Waals surface area (Å²) in [4.78, 5) is 16.9. The molecule has 2 heterocycles. The minimum absolute atomic E-state index is 0.0452. The highest BCUT2D eigenvalue weighted by Crippen LogP contribution is 2.29. The van der Waals surface area contributed by atoms with E-state index >= 15 is 0 Å². The lowest BCUT2D eigenvalue weighted by molar-refractivity contribution is -0.172. The van der Waals surface area contributed by atoms with Crippen LogP contribution in [-0.4, -0.2) is 28.4 Å². The number of alkyl halides is 3. The molecule has 0 radical (unpaired) electrons. The van der Waals surface area contributed by atoms with E-state index in [1.54, 1.807) is 38.4 Å². The van der Waals surface area contributed by atoms with E-state index in [0.29, 0.717) is 22.3 Å².